The first-order valence-electron chi connectivity index (χ1n) is 9.29. The molecule has 138 valence electrons. The maximum absolute atomic E-state index is 14.3. The van der Waals surface area contributed by atoms with Crippen LogP contribution < -0.4 is 15.6 Å². The first kappa shape index (κ1) is 16.0. The molecule has 3 heterocycles. The molecule has 2 aromatic heterocycles. The van der Waals surface area contributed by atoms with E-state index in [2.05, 4.69) is 15.3 Å². The maximum Gasteiger partial charge on any atom is 0.262 e. The topological polar surface area (TPSA) is 69.0 Å². The van der Waals surface area contributed by atoms with Crippen molar-refractivity contribution in [1.82, 2.24) is 14.5 Å². The zero-order valence-corrected chi connectivity index (χ0v) is 14.8. The third-order valence-electron chi connectivity index (χ3n) is 4.71. The van der Waals surface area contributed by atoms with Gasteiger partial charge in [0, 0.05) is 56.1 Å². The highest BCUT2D eigenvalue weighted by atomic mass is 19.1. The zero-order chi connectivity index (χ0) is 19.7. The molecule has 0 saturated carbocycles. The van der Waals surface area contributed by atoms with E-state index in [4.69, 9.17) is 6.11 Å². The van der Waals surface area contributed by atoms with Gasteiger partial charge in [-0.05, 0) is 25.1 Å². The number of ether oxygens (including phenoxy) is 1. The molecule has 0 atom stereocenters. The predicted octanol–water partition coefficient (Wildman–Crippen LogP) is 2.84. The third-order valence-corrected chi connectivity index (χ3v) is 4.71. The highest BCUT2D eigenvalue weighted by Gasteiger charge is 2.20. The highest BCUT2D eigenvalue weighted by Crippen LogP contribution is 2.30. The van der Waals surface area contributed by atoms with E-state index in [0.717, 1.165) is 5.56 Å². The molecule has 6 nitrogen and oxygen atoms in total. The Kier molecular flexibility index (Phi) is 4.04. The van der Waals surface area contributed by atoms with Gasteiger partial charge in [-0.3, -0.25) is 14.3 Å². The van der Waals surface area contributed by atoms with Crippen molar-refractivity contribution in [3.8, 4) is 16.9 Å². The monoisotopic (exact) mass is 367 g/mol. The molecule has 1 aromatic carbocycles. The van der Waals surface area contributed by atoms with Crippen molar-refractivity contribution in [3.63, 3.8) is 0 Å². The lowest BCUT2D eigenvalue weighted by atomic mass is 10.0. The number of aromatic nitrogens is 3. The molecule has 0 unspecified atom stereocenters. The van der Waals surface area contributed by atoms with Gasteiger partial charge in [0.25, 0.3) is 5.56 Å². The van der Waals surface area contributed by atoms with E-state index in [0.29, 0.717) is 41.2 Å². The first-order valence-corrected chi connectivity index (χ1v) is 8.58. The molecule has 0 radical (unpaired) electrons. The Morgan fingerprint density at radius 2 is 2.22 bits per heavy atom. The van der Waals surface area contributed by atoms with E-state index >= 15 is 0 Å². The van der Waals surface area contributed by atoms with Gasteiger partial charge in [-0.1, -0.05) is 6.07 Å². The van der Waals surface area contributed by atoms with E-state index in [1.807, 2.05) is 6.92 Å². The summed E-state index contributed by atoms with van der Waals surface area (Å²) in [7, 11) is -0.306. The van der Waals surface area contributed by atoms with Crippen LogP contribution in [0.3, 0.4) is 0 Å². The third kappa shape index (κ3) is 3.05. The van der Waals surface area contributed by atoms with E-state index in [-0.39, 0.29) is 30.9 Å². The van der Waals surface area contributed by atoms with Crippen LogP contribution in [0.5, 0.6) is 5.75 Å². The molecule has 1 aliphatic rings. The van der Waals surface area contributed by atoms with Crippen LogP contribution >= 0.6 is 0 Å². The quantitative estimate of drug-likeness (QED) is 0.768. The van der Waals surface area contributed by atoms with E-state index in [1.54, 1.807) is 24.4 Å². The Morgan fingerprint density at radius 3 is 3.04 bits per heavy atom. The number of benzene rings is 1. The van der Waals surface area contributed by atoms with Gasteiger partial charge in [0.05, 0.1) is 12.2 Å². The van der Waals surface area contributed by atoms with Gasteiger partial charge in [0.2, 0.25) is 5.95 Å². The molecule has 0 aliphatic carbocycles. The summed E-state index contributed by atoms with van der Waals surface area (Å²) in [6.45, 7) is 2.49. The number of fused-ring (bicyclic) bond motifs is 1. The lowest BCUT2D eigenvalue weighted by molar-refractivity contribution is 0.356. The number of rotatable bonds is 4. The minimum atomic E-state index is -0.342. The molecule has 1 aliphatic heterocycles. The van der Waals surface area contributed by atoms with Crippen molar-refractivity contribution in [2.45, 2.75) is 19.9 Å². The molecule has 0 bridgehead atoms. The van der Waals surface area contributed by atoms with Crippen molar-refractivity contribution in [2.24, 2.45) is 7.02 Å². The molecule has 27 heavy (non-hydrogen) atoms. The van der Waals surface area contributed by atoms with Crippen LogP contribution in [0.1, 0.15) is 18.2 Å². The number of nitrogens with one attached hydrogen (secondary N) is 1. The first-order chi connectivity index (χ1) is 13.6. The summed E-state index contributed by atoms with van der Waals surface area (Å²) in [6.07, 6.45) is 3.76. The summed E-state index contributed by atoms with van der Waals surface area (Å²) >= 11 is 0. The normalized spacial score (nSPS) is 13.0. The largest absolute Gasteiger partial charge is 0.493 e. The number of halogens is 1. The summed E-state index contributed by atoms with van der Waals surface area (Å²) in [5.74, 6) is 0.576. The van der Waals surface area contributed by atoms with Crippen LogP contribution in [-0.2, 0) is 20.0 Å². The summed E-state index contributed by atoms with van der Waals surface area (Å²) in [5.41, 5.74) is 2.75. The summed E-state index contributed by atoms with van der Waals surface area (Å²) < 4.78 is 28.8. The van der Waals surface area contributed by atoms with Gasteiger partial charge in [-0.15, -0.1) is 0 Å². The Morgan fingerprint density at radius 1 is 1.33 bits per heavy atom. The summed E-state index contributed by atoms with van der Waals surface area (Å²) in [5, 5.41) is 3.01. The Bertz CT molecular complexity index is 1100. The number of nitrogens with zero attached hydrogens (tertiary/aromatic N) is 3. The molecule has 0 spiro atoms. The van der Waals surface area contributed by atoms with E-state index in [9.17, 15) is 9.18 Å². The average Bonchev–Trinajstić information content (AvgIpc) is 3.17. The second kappa shape index (κ2) is 6.83. The standard InChI is InChI=1S/C20H19FN4O2/c1-12-13(4-3-8-22-12)16-11-24-20(25(2)19(16)26)23-10-15-14-7-9-27-18(14)6-5-17(15)21/h3-6,8,11H,7,9-10H2,1-2H3,(H,23,24)/i2D. The average molecular weight is 367 g/mol. The van der Waals surface area contributed by atoms with Gasteiger partial charge in [-0.25, -0.2) is 9.37 Å². The van der Waals surface area contributed by atoms with Crippen molar-refractivity contribution in [2.75, 3.05) is 11.9 Å². The summed E-state index contributed by atoms with van der Waals surface area (Å²) in [6, 6.07) is 6.55. The van der Waals surface area contributed by atoms with Crippen LogP contribution in [0.15, 0.2) is 41.5 Å². The molecule has 1 N–H and O–H groups in total. The SMILES string of the molecule is [2H]Cn1c(NCc2c(F)ccc3c2CCO3)ncc(-c2cccnc2C)c1=O. The highest BCUT2D eigenvalue weighted by molar-refractivity contribution is 5.64. The molecule has 4 rings (SSSR count). The van der Waals surface area contributed by atoms with Crippen molar-refractivity contribution in [3.05, 3.63) is 69.7 Å². The lowest BCUT2D eigenvalue weighted by Gasteiger charge is -2.14. The molecule has 0 fully saturated rings. The molecular formula is C20H19FN4O2. The number of hydrogen-bond donors (Lipinski definition) is 1. The maximum atomic E-state index is 14.3. The van der Waals surface area contributed by atoms with Crippen LogP contribution in [0.25, 0.3) is 11.1 Å². The molecule has 3 aromatic rings. The Balaban J connectivity index is 1.67. The van der Waals surface area contributed by atoms with Gasteiger partial charge < -0.3 is 10.1 Å². The minimum Gasteiger partial charge on any atom is -0.493 e. The second-order valence-corrected chi connectivity index (χ2v) is 6.32. The second-order valence-electron chi connectivity index (χ2n) is 6.32. The van der Waals surface area contributed by atoms with Gasteiger partial charge >= 0.3 is 0 Å². The predicted molar refractivity (Wildman–Crippen MR) is 100 cm³/mol. The fourth-order valence-corrected chi connectivity index (χ4v) is 3.26. The van der Waals surface area contributed by atoms with E-state index < -0.39 is 0 Å². The van der Waals surface area contributed by atoms with Crippen LogP contribution in [-0.4, -0.2) is 21.1 Å². The molecule has 0 amide bonds. The van der Waals surface area contributed by atoms with Crippen LogP contribution in [0.4, 0.5) is 10.3 Å². The fourth-order valence-electron chi connectivity index (χ4n) is 3.26. The number of aryl methyl sites for hydroxylation is 1. The Labute approximate surface area is 157 Å². The van der Waals surface area contributed by atoms with Crippen LogP contribution in [0.2, 0.25) is 0 Å². The molecule has 7 heteroatoms. The smallest absolute Gasteiger partial charge is 0.262 e. The van der Waals surface area contributed by atoms with Gasteiger partial charge in [0.1, 0.15) is 11.6 Å². The molecular weight excluding hydrogens is 347 g/mol. The van der Waals surface area contributed by atoms with E-state index in [1.165, 1.54) is 16.8 Å². The van der Waals surface area contributed by atoms with Crippen molar-refractivity contribution < 1.29 is 10.5 Å². The molecule has 0 saturated heterocycles. The van der Waals surface area contributed by atoms with Gasteiger partial charge in [0.15, 0.2) is 0 Å². The fraction of sp³-hybridized carbons (Fsp3) is 0.250. The van der Waals surface area contributed by atoms with Crippen molar-refractivity contribution >= 4 is 5.95 Å². The van der Waals surface area contributed by atoms with Gasteiger partial charge in [-0.2, -0.15) is 0 Å². The minimum absolute atomic E-state index is 0.149. The summed E-state index contributed by atoms with van der Waals surface area (Å²) in [4.78, 5) is 21.4. The zero-order valence-electron chi connectivity index (χ0n) is 15.8. The lowest BCUT2D eigenvalue weighted by Crippen LogP contribution is -2.24. The Hall–Kier alpha value is -3.22. The number of hydrogen-bond acceptors (Lipinski definition) is 5. The van der Waals surface area contributed by atoms with Crippen molar-refractivity contribution in [1.29, 1.82) is 0 Å². The van der Waals surface area contributed by atoms with Crippen LogP contribution in [0, 0.1) is 12.7 Å². The number of anilines is 1. The number of pyridine rings is 1.